The van der Waals surface area contributed by atoms with E-state index < -0.39 is 12.0 Å². The van der Waals surface area contributed by atoms with Gasteiger partial charge in [-0.05, 0) is 12.1 Å². The van der Waals surface area contributed by atoms with E-state index in [2.05, 4.69) is 22.1 Å². The van der Waals surface area contributed by atoms with E-state index >= 15 is 0 Å². The van der Waals surface area contributed by atoms with E-state index in [0.717, 1.165) is 23.7 Å². The molecule has 3 rings (SSSR count). The summed E-state index contributed by atoms with van der Waals surface area (Å²) >= 11 is 1.75. The van der Waals surface area contributed by atoms with Gasteiger partial charge in [0.15, 0.2) is 0 Å². The lowest BCUT2D eigenvalue weighted by Crippen LogP contribution is -2.46. The molecule has 0 amide bonds. The molecule has 1 aliphatic rings. The van der Waals surface area contributed by atoms with E-state index in [9.17, 15) is 9.90 Å². The van der Waals surface area contributed by atoms with Crippen LogP contribution in [0.2, 0.25) is 0 Å². The Labute approximate surface area is 127 Å². The van der Waals surface area contributed by atoms with E-state index in [1.165, 1.54) is 4.90 Å². The van der Waals surface area contributed by atoms with Crippen LogP contribution in [0.3, 0.4) is 0 Å². The molecule has 0 spiro atoms. The maximum absolute atomic E-state index is 11.4. The fourth-order valence-electron chi connectivity index (χ4n) is 2.56. The average molecular weight is 303 g/mol. The molecule has 5 nitrogen and oxygen atoms in total. The van der Waals surface area contributed by atoms with Crippen molar-refractivity contribution < 1.29 is 9.90 Å². The molecule has 2 aromatic rings. The maximum Gasteiger partial charge on any atom is 0.321 e. The van der Waals surface area contributed by atoms with Gasteiger partial charge in [0.1, 0.15) is 6.04 Å². The molecular formula is C15H17N3O2S. The highest BCUT2D eigenvalue weighted by Gasteiger charge is 2.32. The molecular weight excluding hydrogens is 286 g/mol. The molecule has 1 aromatic heterocycles. The lowest BCUT2D eigenvalue weighted by atomic mass is 10.0. The van der Waals surface area contributed by atoms with Crippen LogP contribution in [0.15, 0.2) is 41.6 Å². The zero-order chi connectivity index (χ0) is 14.7. The van der Waals surface area contributed by atoms with Crippen molar-refractivity contribution in [1.82, 2.24) is 14.9 Å². The van der Waals surface area contributed by atoms with Crippen LogP contribution >= 0.6 is 11.8 Å². The number of hydrogen-bond donors (Lipinski definition) is 2. The number of fused-ring (bicyclic) bond motifs is 1. The quantitative estimate of drug-likeness (QED) is 0.827. The number of H-pyrrole nitrogens is 1. The van der Waals surface area contributed by atoms with E-state index in [4.69, 9.17) is 0 Å². The van der Waals surface area contributed by atoms with E-state index in [1.54, 1.807) is 18.1 Å². The summed E-state index contributed by atoms with van der Waals surface area (Å²) in [5.74, 6) is 0.102. The molecule has 1 aliphatic heterocycles. The third-order valence-corrected chi connectivity index (χ3v) is 4.66. The van der Waals surface area contributed by atoms with Gasteiger partial charge in [0.05, 0.1) is 17.7 Å². The first-order chi connectivity index (χ1) is 10.2. The highest BCUT2D eigenvalue weighted by molar-refractivity contribution is 7.99. The standard InChI is InChI=1S/C15H17N3O2S/c19-15(20)14-8-12-13(17-10-16-12)9-18(14)6-7-21-11-4-2-1-3-5-11/h1-5,10,14H,6-9H2,(H,16,17)(H,19,20)/t14-/m0/s1. The van der Waals surface area contributed by atoms with Gasteiger partial charge in [-0.25, -0.2) is 4.98 Å². The summed E-state index contributed by atoms with van der Waals surface area (Å²) in [6.07, 6.45) is 2.12. The van der Waals surface area contributed by atoms with E-state index in [1.807, 2.05) is 23.1 Å². The molecule has 0 fully saturated rings. The number of hydrogen-bond acceptors (Lipinski definition) is 4. The number of aromatic nitrogens is 2. The van der Waals surface area contributed by atoms with E-state index in [-0.39, 0.29) is 0 Å². The number of carboxylic acids is 1. The summed E-state index contributed by atoms with van der Waals surface area (Å²) in [6.45, 7) is 1.37. The predicted molar refractivity (Wildman–Crippen MR) is 81.3 cm³/mol. The number of benzene rings is 1. The molecule has 6 heteroatoms. The minimum atomic E-state index is -0.770. The average Bonchev–Trinajstić information content (AvgIpc) is 2.94. The second-order valence-electron chi connectivity index (χ2n) is 5.02. The fourth-order valence-corrected chi connectivity index (χ4v) is 3.47. The maximum atomic E-state index is 11.4. The Morgan fingerprint density at radius 2 is 2.24 bits per heavy atom. The number of carboxylic acid groups (broad SMARTS) is 1. The Kier molecular flexibility index (Phi) is 4.26. The van der Waals surface area contributed by atoms with Gasteiger partial charge < -0.3 is 10.1 Å². The molecule has 0 saturated carbocycles. The minimum absolute atomic E-state index is 0.475. The van der Waals surface area contributed by atoms with Crippen LogP contribution < -0.4 is 0 Å². The number of aliphatic carboxylic acids is 1. The zero-order valence-electron chi connectivity index (χ0n) is 11.5. The van der Waals surface area contributed by atoms with Crippen LogP contribution in [0.5, 0.6) is 0 Å². The molecule has 0 unspecified atom stereocenters. The minimum Gasteiger partial charge on any atom is -0.480 e. The third-order valence-electron chi connectivity index (χ3n) is 3.67. The first kappa shape index (κ1) is 14.2. The lowest BCUT2D eigenvalue weighted by molar-refractivity contribution is -0.143. The summed E-state index contributed by atoms with van der Waals surface area (Å²) in [5.41, 5.74) is 1.92. The number of imidazole rings is 1. The van der Waals surface area contributed by atoms with Crippen LogP contribution in [0.1, 0.15) is 11.4 Å². The summed E-state index contributed by atoms with van der Waals surface area (Å²) < 4.78 is 0. The molecule has 0 bridgehead atoms. The Balaban J connectivity index is 1.62. The Hall–Kier alpha value is -1.79. The number of carbonyl (C=O) groups is 1. The van der Waals surface area contributed by atoms with Crippen molar-refractivity contribution in [1.29, 1.82) is 0 Å². The molecule has 21 heavy (non-hydrogen) atoms. The molecule has 2 N–H and O–H groups in total. The van der Waals surface area contributed by atoms with Crippen LogP contribution in [0.25, 0.3) is 0 Å². The Morgan fingerprint density at radius 1 is 1.43 bits per heavy atom. The predicted octanol–water partition coefficient (Wildman–Crippen LogP) is 2.01. The molecule has 110 valence electrons. The van der Waals surface area contributed by atoms with Gasteiger partial charge in [-0.1, -0.05) is 18.2 Å². The SMILES string of the molecule is O=C(O)[C@@H]1Cc2nc[nH]c2CN1CCSc1ccccc1. The van der Waals surface area contributed by atoms with Crippen LogP contribution in [-0.4, -0.2) is 44.3 Å². The van der Waals surface area contributed by atoms with Crippen molar-refractivity contribution >= 4 is 17.7 Å². The fraction of sp³-hybridized carbons (Fsp3) is 0.333. The second-order valence-corrected chi connectivity index (χ2v) is 6.19. The molecule has 1 aromatic carbocycles. The van der Waals surface area contributed by atoms with Gasteiger partial charge >= 0.3 is 5.97 Å². The number of nitrogens with zero attached hydrogens (tertiary/aromatic N) is 2. The number of thioether (sulfide) groups is 1. The van der Waals surface area contributed by atoms with Crippen molar-refractivity contribution in [2.75, 3.05) is 12.3 Å². The summed E-state index contributed by atoms with van der Waals surface area (Å²) in [6, 6.07) is 9.69. The molecule has 1 atom stereocenters. The van der Waals surface area contributed by atoms with E-state index in [0.29, 0.717) is 13.0 Å². The first-order valence-corrected chi connectivity index (χ1v) is 7.88. The van der Waals surface area contributed by atoms with Gasteiger partial charge in [0.2, 0.25) is 0 Å². The smallest absolute Gasteiger partial charge is 0.321 e. The van der Waals surface area contributed by atoms with Crippen LogP contribution in [0, 0.1) is 0 Å². The van der Waals surface area contributed by atoms with Crippen LogP contribution in [0.4, 0.5) is 0 Å². The van der Waals surface area contributed by atoms with Crippen molar-refractivity contribution in [3.63, 3.8) is 0 Å². The monoisotopic (exact) mass is 303 g/mol. The zero-order valence-corrected chi connectivity index (χ0v) is 12.3. The first-order valence-electron chi connectivity index (χ1n) is 6.90. The molecule has 0 saturated heterocycles. The van der Waals surface area contributed by atoms with Gasteiger partial charge in [-0.3, -0.25) is 9.69 Å². The second kappa shape index (κ2) is 6.32. The van der Waals surface area contributed by atoms with Gasteiger partial charge in [0, 0.05) is 30.2 Å². The Morgan fingerprint density at radius 3 is 3.00 bits per heavy atom. The van der Waals surface area contributed by atoms with Gasteiger partial charge in [0.25, 0.3) is 0 Å². The van der Waals surface area contributed by atoms with Crippen molar-refractivity contribution in [2.45, 2.75) is 23.9 Å². The molecule has 0 aliphatic carbocycles. The lowest BCUT2D eigenvalue weighted by Gasteiger charge is -2.32. The van der Waals surface area contributed by atoms with Gasteiger partial charge in [-0.15, -0.1) is 11.8 Å². The summed E-state index contributed by atoms with van der Waals surface area (Å²) in [7, 11) is 0. The van der Waals surface area contributed by atoms with Crippen molar-refractivity contribution in [3.8, 4) is 0 Å². The summed E-state index contributed by atoms with van der Waals surface area (Å²) in [4.78, 5) is 22.0. The molecule has 0 radical (unpaired) electrons. The Bertz CT molecular complexity index is 614. The van der Waals surface area contributed by atoms with Gasteiger partial charge in [-0.2, -0.15) is 0 Å². The van der Waals surface area contributed by atoms with Crippen LogP contribution in [-0.2, 0) is 17.8 Å². The summed E-state index contributed by atoms with van der Waals surface area (Å²) in [5, 5.41) is 9.40. The highest BCUT2D eigenvalue weighted by Crippen LogP contribution is 2.23. The highest BCUT2D eigenvalue weighted by atomic mass is 32.2. The largest absolute Gasteiger partial charge is 0.480 e. The number of aromatic amines is 1. The number of rotatable bonds is 5. The molecule has 2 heterocycles. The van der Waals surface area contributed by atoms with Crippen molar-refractivity contribution in [2.24, 2.45) is 0 Å². The number of nitrogens with one attached hydrogen (secondary N) is 1. The van der Waals surface area contributed by atoms with Crippen molar-refractivity contribution in [3.05, 3.63) is 48.0 Å². The normalized spacial score (nSPS) is 18.4. The topological polar surface area (TPSA) is 69.2 Å². The third kappa shape index (κ3) is 3.28.